The Labute approximate surface area is 173 Å². The molecule has 1 aromatic carbocycles. The van der Waals surface area contributed by atoms with Crippen molar-refractivity contribution in [3.8, 4) is 0 Å². The number of H-pyrrole nitrogens is 1. The minimum atomic E-state index is -0.481. The van der Waals surface area contributed by atoms with Crippen LogP contribution in [0.5, 0.6) is 0 Å². The Balaban J connectivity index is 1.37. The summed E-state index contributed by atoms with van der Waals surface area (Å²) in [5.41, 5.74) is 9.82. The number of nitrogens with one attached hydrogen (secondary N) is 1. The zero-order valence-electron chi connectivity index (χ0n) is 17.9. The van der Waals surface area contributed by atoms with Crippen LogP contribution in [0.25, 0.3) is 10.9 Å². The summed E-state index contributed by atoms with van der Waals surface area (Å²) >= 11 is 0. The molecule has 2 aliphatic rings. The number of rotatable bonds is 5. The van der Waals surface area contributed by atoms with Gasteiger partial charge < -0.3 is 15.5 Å². The first-order valence-electron chi connectivity index (χ1n) is 11.3. The van der Waals surface area contributed by atoms with Crippen molar-refractivity contribution < 1.29 is 4.79 Å². The number of carbonyl (C=O) groups is 1. The summed E-state index contributed by atoms with van der Waals surface area (Å²) in [6, 6.07) is 4.46. The van der Waals surface area contributed by atoms with E-state index in [0.717, 1.165) is 42.4 Å². The second-order valence-electron chi connectivity index (χ2n) is 9.14. The van der Waals surface area contributed by atoms with Crippen LogP contribution in [0.2, 0.25) is 0 Å². The monoisotopic (exact) mass is 397 g/mol. The Morgan fingerprint density at radius 3 is 2.59 bits per heavy atom. The highest BCUT2D eigenvalue weighted by Crippen LogP contribution is 2.26. The number of carbonyl (C=O) groups excluding carboxylic acids is 1. The summed E-state index contributed by atoms with van der Waals surface area (Å²) in [7, 11) is 0. The average molecular weight is 398 g/mol. The predicted octanol–water partition coefficient (Wildman–Crippen LogP) is 3.03. The second kappa shape index (κ2) is 8.84. The van der Waals surface area contributed by atoms with Crippen molar-refractivity contribution in [2.24, 2.45) is 5.73 Å². The van der Waals surface area contributed by atoms with Crippen LogP contribution >= 0.6 is 0 Å². The fourth-order valence-corrected chi connectivity index (χ4v) is 5.03. The van der Waals surface area contributed by atoms with Gasteiger partial charge in [-0.1, -0.05) is 26.3 Å². The summed E-state index contributed by atoms with van der Waals surface area (Å²) in [5, 5.41) is 8.37. The van der Waals surface area contributed by atoms with Crippen LogP contribution in [0, 0.1) is 0 Å². The van der Waals surface area contributed by atoms with Gasteiger partial charge in [-0.2, -0.15) is 5.10 Å². The Kier molecular flexibility index (Phi) is 6.20. The van der Waals surface area contributed by atoms with Gasteiger partial charge in [-0.05, 0) is 68.3 Å². The molecule has 1 atom stereocenters. The van der Waals surface area contributed by atoms with Crippen molar-refractivity contribution in [3.63, 3.8) is 0 Å². The molecule has 0 saturated carbocycles. The number of amides is 1. The number of likely N-dealkylation sites (tertiary alicyclic amines) is 2. The molecule has 1 amide bonds. The third-order valence-electron chi connectivity index (χ3n) is 6.72. The van der Waals surface area contributed by atoms with Crippen LogP contribution in [0.4, 0.5) is 0 Å². The molecule has 2 aliphatic heterocycles. The lowest BCUT2D eigenvalue weighted by Crippen LogP contribution is -2.52. The molecule has 6 heteroatoms. The molecule has 0 spiro atoms. The van der Waals surface area contributed by atoms with Crippen molar-refractivity contribution in [3.05, 3.63) is 29.5 Å². The fourth-order valence-electron chi connectivity index (χ4n) is 5.03. The molecule has 6 nitrogen and oxygen atoms in total. The van der Waals surface area contributed by atoms with E-state index in [-0.39, 0.29) is 5.91 Å². The molecule has 0 bridgehead atoms. The minimum absolute atomic E-state index is 0.0977. The molecule has 3 N–H and O–H groups in total. The molecule has 3 heterocycles. The van der Waals surface area contributed by atoms with E-state index in [1.54, 1.807) is 0 Å². The first kappa shape index (κ1) is 20.4. The van der Waals surface area contributed by atoms with E-state index < -0.39 is 6.04 Å². The molecular weight excluding hydrogens is 362 g/mol. The third-order valence-corrected chi connectivity index (χ3v) is 6.72. The number of hydrogen-bond donors (Lipinski definition) is 2. The van der Waals surface area contributed by atoms with Gasteiger partial charge in [0.15, 0.2) is 0 Å². The molecular formula is C23H35N5O. The number of aromatic amines is 1. The number of aromatic nitrogens is 2. The van der Waals surface area contributed by atoms with E-state index in [4.69, 9.17) is 5.73 Å². The first-order chi connectivity index (χ1) is 14.0. The van der Waals surface area contributed by atoms with Crippen LogP contribution in [-0.2, 0) is 11.2 Å². The lowest BCUT2D eigenvalue weighted by atomic mass is 9.94. The van der Waals surface area contributed by atoms with Crippen LogP contribution in [0.1, 0.15) is 63.0 Å². The molecule has 158 valence electrons. The van der Waals surface area contributed by atoms with Gasteiger partial charge in [-0.25, -0.2) is 0 Å². The van der Waals surface area contributed by atoms with Gasteiger partial charge in [0.05, 0.1) is 17.8 Å². The van der Waals surface area contributed by atoms with Crippen molar-refractivity contribution in [1.82, 2.24) is 20.0 Å². The summed E-state index contributed by atoms with van der Waals surface area (Å²) in [5.74, 6) is 0.485. The van der Waals surface area contributed by atoms with Gasteiger partial charge in [-0.15, -0.1) is 0 Å². The summed E-state index contributed by atoms with van der Waals surface area (Å²) in [4.78, 5) is 17.6. The Morgan fingerprint density at radius 1 is 1.17 bits per heavy atom. The average Bonchev–Trinajstić information content (AvgIpc) is 3.21. The number of nitrogens with zero attached hydrogens (tertiary/aromatic N) is 3. The van der Waals surface area contributed by atoms with E-state index >= 15 is 0 Å². The van der Waals surface area contributed by atoms with Crippen LogP contribution < -0.4 is 5.73 Å². The quantitative estimate of drug-likeness (QED) is 0.813. The maximum atomic E-state index is 13.0. The number of piperidine rings is 2. The van der Waals surface area contributed by atoms with Crippen molar-refractivity contribution in [1.29, 1.82) is 0 Å². The highest BCUT2D eigenvalue weighted by molar-refractivity contribution is 5.84. The van der Waals surface area contributed by atoms with Crippen LogP contribution in [0.3, 0.4) is 0 Å². The highest BCUT2D eigenvalue weighted by Gasteiger charge is 2.29. The zero-order chi connectivity index (χ0) is 20.4. The Morgan fingerprint density at radius 2 is 1.90 bits per heavy atom. The molecule has 29 heavy (non-hydrogen) atoms. The van der Waals surface area contributed by atoms with Gasteiger partial charge in [0, 0.05) is 24.5 Å². The number of fused-ring (bicyclic) bond motifs is 1. The van der Waals surface area contributed by atoms with Crippen molar-refractivity contribution in [2.75, 3.05) is 26.2 Å². The molecule has 2 saturated heterocycles. The van der Waals surface area contributed by atoms with Crippen molar-refractivity contribution >= 4 is 16.8 Å². The Hall–Kier alpha value is -1.92. The molecule has 2 aromatic rings. The topological polar surface area (TPSA) is 78.2 Å². The first-order valence-corrected chi connectivity index (χ1v) is 11.3. The lowest BCUT2D eigenvalue weighted by Gasteiger charge is -2.40. The predicted molar refractivity (Wildman–Crippen MR) is 117 cm³/mol. The maximum absolute atomic E-state index is 13.0. The van der Waals surface area contributed by atoms with E-state index in [1.165, 1.54) is 37.9 Å². The molecule has 2 fully saturated rings. The van der Waals surface area contributed by atoms with Gasteiger partial charge >= 0.3 is 0 Å². The molecule has 0 radical (unpaired) electrons. The summed E-state index contributed by atoms with van der Waals surface area (Å²) in [6.45, 7) is 8.49. The van der Waals surface area contributed by atoms with E-state index in [2.05, 4.69) is 41.1 Å². The van der Waals surface area contributed by atoms with Gasteiger partial charge in [-0.3, -0.25) is 9.89 Å². The second-order valence-corrected chi connectivity index (χ2v) is 9.14. The van der Waals surface area contributed by atoms with Gasteiger partial charge in [0.1, 0.15) is 0 Å². The molecule has 0 aliphatic carbocycles. The molecule has 1 unspecified atom stereocenters. The smallest absolute Gasteiger partial charge is 0.239 e. The van der Waals surface area contributed by atoms with Gasteiger partial charge in [0.25, 0.3) is 0 Å². The number of hydrogen-bond acceptors (Lipinski definition) is 4. The minimum Gasteiger partial charge on any atom is -0.341 e. The number of benzene rings is 1. The van der Waals surface area contributed by atoms with Crippen LogP contribution in [0.15, 0.2) is 18.3 Å². The summed E-state index contributed by atoms with van der Waals surface area (Å²) in [6.07, 6.45) is 8.60. The summed E-state index contributed by atoms with van der Waals surface area (Å²) < 4.78 is 0. The zero-order valence-corrected chi connectivity index (χ0v) is 17.9. The standard InChI is InChI=1S/C23H35N5O/c1-16(2)20-13-17(12-18-15-25-26-22(18)20)14-21(24)23(29)28-10-6-19(7-11-28)27-8-4-3-5-9-27/h12-13,15-16,19,21H,3-11,14,24H2,1-2H3,(H,25,26). The third kappa shape index (κ3) is 4.48. The SMILES string of the molecule is CC(C)c1cc(CC(N)C(=O)N2CCC(N3CCCCC3)CC2)cc2cn[nH]c12. The Bertz CT molecular complexity index is 831. The van der Waals surface area contributed by atoms with E-state index in [9.17, 15) is 4.79 Å². The molecule has 1 aromatic heterocycles. The van der Waals surface area contributed by atoms with Crippen LogP contribution in [-0.4, -0.2) is 64.2 Å². The van der Waals surface area contributed by atoms with Gasteiger partial charge in [0.2, 0.25) is 5.91 Å². The van der Waals surface area contributed by atoms with E-state index in [1.807, 2.05) is 11.1 Å². The fraction of sp³-hybridized carbons (Fsp3) is 0.652. The normalized spacial score (nSPS) is 20.5. The maximum Gasteiger partial charge on any atom is 0.239 e. The van der Waals surface area contributed by atoms with Crippen molar-refractivity contribution in [2.45, 2.75) is 70.4 Å². The lowest BCUT2D eigenvalue weighted by molar-refractivity contribution is -0.134. The largest absolute Gasteiger partial charge is 0.341 e. The molecule has 4 rings (SSSR count). The van der Waals surface area contributed by atoms with E-state index in [0.29, 0.717) is 18.4 Å². The number of nitrogens with two attached hydrogens (primary N) is 1. The highest BCUT2D eigenvalue weighted by atomic mass is 16.2.